The zero-order chi connectivity index (χ0) is 18.8. The van der Waals surface area contributed by atoms with Crippen molar-refractivity contribution in [3.05, 3.63) is 32.7 Å². The van der Waals surface area contributed by atoms with E-state index in [-0.39, 0.29) is 17.0 Å². The molecule has 1 aliphatic heterocycles. The summed E-state index contributed by atoms with van der Waals surface area (Å²) in [6, 6.07) is 0. The summed E-state index contributed by atoms with van der Waals surface area (Å²) >= 11 is 1.58. The Hall–Kier alpha value is -1.77. The number of rotatable bonds is 5. The number of thiazole rings is 1. The zero-order valence-corrected chi connectivity index (χ0v) is 16.7. The van der Waals surface area contributed by atoms with Crippen LogP contribution in [0.1, 0.15) is 40.2 Å². The summed E-state index contributed by atoms with van der Waals surface area (Å²) in [6.07, 6.45) is 6.49. The molecular formula is C19H27N5O2S. The SMILES string of the molecule is CN1CCN(CCCNC(=O)c2cnc3sc4c(n3c2=O)CCCC4)CC1. The lowest BCUT2D eigenvalue weighted by atomic mass is 10.0. The lowest BCUT2D eigenvalue weighted by Gasteiger charge is -2.32. The molecule has 1 fully saturated rings. The van der Waals surface area contributed by atoms with Crippen LogP contribution in [0.15, 0.2) is 11.0 Å². The highest BCUT2D eigenvalue weighted by Crippen LogP contribution is 2.28. The first-order valence-corrected chi connectivity index (χ1v) is 10.7. The van der Waals surface area contributed by atoms with E-state index in [1.807, 2.05) is 0 Å². The van der Waals surface area contributed by atoms with Gasteiger partial charge in [0.15, 0.2) is 4.96 Å². The first-order valence-electron chi connectivity index (χ1n) is 9.85. The van der Waals surface area contributed by atoms with Gasteiger partial charge >= 0.3 is 0 Å². The minimum Gasteiger partial charge on any atom is -0.352 e. The number of piperazine rings is 1. The minimum absolute atomic E-state index is 0.151. The number of nitrogens with zero attached hydrogens (tertiary/aromatic N) is 4. The van der Waals surface area contributed by atoms with Crippen LogP contribution in [0.5, 0.6) is 0 Å². The minimum atomic E-state index is -0.309. The summed E-state index contributed by atoms with van der Waals surface area (Å²) in [5.74, 6) is -0.309. The van der Waals surface area contributed by atoms with Crippen molar-refractivity contribution in [2.24, 2.45) is 0 Å². The molecule has 2 aliphatic rings. The Morgan fingerprint density at radius 3 is 2.81 bits per heavy atom. The Morgan fingerprint density at radius 1 is 1.22 bits per heavy atom. The Kier molecular flexibility index (Phi) is 5.56. The van der Waals surface area contributed by atoms with Crippen LogP contribution >= 0.6 is 11.3 Å². The van der Waals surface area contributed by atoms with Gasteiger partial charge in [-0.1, -0.05) is 0 Å². The molecule has 0 bridgehead atoms. The fourth-order valence-electron chi connectivity index (χ4n) is 3.90. The van der Waals surface area contributed by atoms with Gasteiger partial charge in [0.2, 0.25) is 0 Å². The Balaban J connectivity index is 1.38. The number of aromatic nitrogens is 2. The maximum atomic E-state index is 12.9. The number of hydrogen-bond acceptors (Lipinski definition) is 6. The van der Waals surface area contributed by atoms with Crippen molar-refractivity contribution in [2.75, 3.05) is 46.3 Å². The summed E-state index contributed by atoms with van der Waals surface area (Å²) < 4.78 is 1.66. The van der Waals surface area contributed by atoms with Gasteiger partial charge in [-0.3, -0.25) is 14.0 Å². The predicted octanol–water partition coefficient (Wildman–Crippen LogP) is 1.00. The van der Waals surface area contributed by atoms with Crippen LogP contribution in [0.2, 0.25) is 0 Å². The van der Waals surface area contributed by atoms with Gasteiger partial charge in [-0.25, -0.2) is 4.98 Å². The molecule has 8 heteroatoms. The topological polar surface area (TPSA) is 69.9 Å². The van der Waals surface area contributed by atoms with Crippen LogP contribution in [0.25, 0.3) is 4.96 Å². The average molecular weight is 390 g/mol. The van der Waals surface area contributed by atoms with E-state index < -0.39 is 0 Å². The molecular weight excluding hydrogens is 362 g/mol. The van der Waals surface area contributed by atoms with E-state index in [2.05, 4.69) is 27.1 Å². The number of fused-ring (bicyclic) bond motifs is 3. The van der Waals surface area contributed by atoms with Gasteiger partial charge in [0.1, 0.15) is 5.56 Å². The third-order valence-corrected chi connectivity index (χ3v) is 6.74. The number of carbonyl (C=O) groups excluding carboxylic acids is 1. The molecule has 27 heavy (non-hydrogen) atoms. The molecule has 4 rings (SSSR count). The fraction of sp³-hybridized carbons (Fsp3) is 0.632. The summed E-state index contributed by atoms with van der Waals surface area (Å²) in [7, 11) is 2.14. The predicted molar refractivity (Wildman–Crippen MR) is 107 cm³/mol. The molecule has 0 atom stereocenters. The molecule has 2 aromatic heterocycles. The highest BCUT2D eigenvalue weighted by molar-refractivity contribution is 7.17. The molecule has 1 amide bonds. The van der Waals surface area contributed by atoms with Crippen LogP contribution in [0.4, 0.5) is 0 Å². The van der Waals surface area contributed by atoms with E-state index in [0.717, 1.165) is 70.5 Å². The van der Waals surface area contributed by atoms with Gasteiger partial charge in [0, 0.05) is 49.5 Å². The summed E-state index contributed by atoms with van der Waals surface area (Å²) in [6.45, 7) is 5.91. The molecule has 7 nitrogen and oxygen atoms in total. The first kappa shape index (κ1) is 18.6. The Labute approximate surface area is 163 Å². The number of hydrogen-bond donors (Lipinski definition) is 1. The van der Waals surface area contributed by atoms with Crippen molar-refractivity contribution in [3.8, 4) is 0 Å². The molecule has 0 radical (unpaired) electrons. The quantitative estimate of drug-likeness (QED) is 0.773. The maximum Gasteiger partial charge on any atom is 0.271 e. The molecule has 0 spiro atoms. The standard InChI is InChI=1S/C19H27N5O2S/c1-22-9-11-23(12-10-22)8-4-7-20-17(25)14-13-21-19-24(18(14)26)15-5-2-3-6-16(15)27-19/h13H,2-12H2,1H3,(H,20,25). The molecule has 0 saturated carbocycles. The van der Waals surface area contributed by atoms with Crippen LogP contribution in [0.3, 0.4) is 0 Å². The number of nitrogens with one attached hydrogen (secondary N) is 1. The number of carbonyl (C=O) groups is 1. The maximum absolute atomic E-state index is 12.9. The van der Waals surface area contributed by atoms with Gasteiger partial charge in [0.25, 0.3) is 11.5 Å². The largest absolute Gasteiger partial charge is 0.352 e. The highest BCUT2D eigenvalue weighted by atomic mass is 32.1. The van der Waals surface area contributed by atoms with Crippen LogP contribution < -0.4 is 10.9 Å². The molecule has 1 aliphatic carbocycles. The second kappa shape index (κ2) is 8.08. The summed E-state index contributed by atoms with van der Waals surface area (Å²) in [5, 5.41) is 2.90. The van der Waals surface area contributed by atoms with Crippen molar-refractivity contribution in [1.29, 1.82) is 0 Å². The van der Waals surface area contributed by atoms with E-state index in [4.69, 9.17) is 0 Å². The molecule has 1 saturated heterocycles. The van der Waals surface area contributed by atoms with Crippen molar-refractivity contribution in [1.82, 2.24) is 24.5 Å². The normalized spacial score (nSPS) is 18.6. The zero-order valence-electron chi connectivity index (χ0n) is 15.9. The average Bonchev–Trinajstić information content (AvgIpc) is 3.06. The fourth-order valence-corrected chi connectivity index (χ4v) is 5.06. The lowest BCUT2D eigenvalue weighted by Crippen LogP contribution is -2.45. The summed E-state index contributed by atoms with van der Waals surface area (Å²) in [4.78, 5) is 36.5. The van der Waals surface area contributed by atoms with Crippen LogP contribution in [-0.2, 0) is 12.8 Å². The third-order valence-electron chi connectivity index (χ3n) is 5.58. The van der Waals surface area contributed by atoms with E-state index >= 15 is 0 Å². The Morgan fingerprint density at radius 2 is 2.00 bits per heavy atom. The van der Waals surface area contributed by atoms with Gasteiger partial charge in [0.05, 0.1) is 0 Å². The molecule has 3 heterocycles. The Bertz CT molecular complexity index is 882. The van der Waals surface area contributed by atoms with Gasteiger partial charge in [-0.05, 0) is 45.7 Å². The van der Waals surface area contributed by atoms with Crippen molar-refractivity contribution >= 4 is 22.2 Å². The number of amides is 1. The molecule has 2 aromatic rings. The van der Waals surface area contributed by atoms with Gasteiger partial charge in [-0.2, -0.15) is 0 Å². The second-order valence-corrected chi connectivity index (χ2v) is 8.59. The second-order valence-electron chi connectivity index (χ2n) is 7.53. The third kappa shape index (κ3) is 3.93. The molecule has 1 N–H and O–H groups in total. The highest BCUT2D eigenvalue weighted by Gasteiger charge is 2.21. The van der Waals surface area contributed by atoms with E-state index in [0.29, 0.717) is 11.5 Å². The molecule has 0 aromatic carbocycles. The summed E-state index contributed by atoms with van der Waals surface area (Å²) in [5.41, 5.74) is 0.984. The van der Waals surface area contributed by atoms with Crippen molar-refractivity contribution in [2.45, 2.75) is 32.1 Å². The number of aryl methyl sites for hydroxylation is 2. The van der Waals surface area contributed by atoms with Crippen LogP contribution in [0, 0.1) is 0 Å². The van der Waals surface area contributed by atoms with Crippen LogP contribution in [-0.4, -0.2) is 71.4 Å². The van der Waals surface area contributed by atoms with Crippen molar-refractivity contribution < 1.29 is 4.79 Å². The van der Waals surface area contributed by atoms with Gasteiger partial charge < -0.3 is 15.1 Å². The molecule has 146 valence electrons. The number of likely N-dealkylation sites (N-methyl/N-ethyl adjacent to an activating group) is 1. The van der Waals surface area contributed by atoms with E-state index in [1.54, 1.807) is 15.7 Å². The van der Waals surface area contributed by atoms with Crippen molar-refractivity contribution in [3.63, 3.8) is 0 Å². The smallest absolute Gasteiger partial charge is 0.271 e. The molecule has 0 unspecified atom stereocenters. The monoisotopic (exact) mass is 389 g/mol. The lowest BCUT2D eigenvalue weighted by molar-refractivity contribution is 0.0947. The van der Waals surface area contributed by atoms with E-state index in [9.17, 15) is 9.59 Å². The van der Waals surface area contributed by atoms with Gasteiger partial charge in [-0.15, -0.1) is 11.3 Å². The van der Waals surface area contributed by atoms with E-state index in [1.165, 1.54) is 11.1 Å². The first-order chi connectivity index (χ1) is 13.1.